The lowest BCUT2D eigenvalue weighted by Crippen LogP contribution is -2.18. The van der Waals surface area contributed by atoms with Gasteiger partial charge in [0.05, 0.1) is 0 Å². The number of carboxylic acids is 1. The number of unbranched alkanes of at least 4 members (excludes halogenated alkanes) is 24. The van der Waals surface area contributed by atoms with Crippen LogP contribution in [0.4, 0.5) is 0 Å². The van der Waals surface area contributed by atoms with Crippen LogP contribution in [-0.2, 0) is 14.3 Å². The second kappa shape index (κ2) is 32.5. The molecule has 1 unspecified atom stereocenters. The predicted molar refractivity (Wildman–Crippen MR) is 172 cm³/mol. The second-order valence-corrected chi connectivity index (χ2v) is 12.4. The number of hydrogen-bond acceptors (Lipinski definition) is 3. The summed E-state index contributed by atoms with van der Waals surface area (Å²) in [6.07, 6.45) is 36.8. The summed E-state index contributed by atoms with van der Waals surface area (Å²) in [6, 6.07) is 0. The molecule has 0 aromatic heterocycles. The highest BCUT2D eigenvalue weighted by Crippen LogP contribution is 2.19. The molecular weight excluding hydrogens is 496 g/mol. The fourth-order valence-electron chi connectivity index (χ4n) is 5.66. The van der Waals surface area contributed by atoms with Gasteiger partial charge in [-0.3, -0.25) is 9.59 Å². The van der Waals surface area contributed by atoms with Gasteiger partial charge in [-0.1, -0.05) is 162 Å². The van der Waals surface area contributed by atoms with Crippen molar-refractivity contribution in [3.8, 4) is 0 Å². The lowest BCUT2D eigenvalue weighted by molar-refractivity contribution is -0.150. The average Bonchev–Trinajstić information content (AvgIpc) is 2.93. The number of esters is 1. The Morgan fingerprint density at radius 2 is 0.750 bits per heavy atom. The molecule has 0 spiro atoms. The summed E-state index contributed by atoms with van der Waals surface area (Å²) in [6.45, 7) is 4.54. The topological polar surface area (TPSA) is 63.6 Å². The molecule has 0 aromatic carbocycles. The van der Waals surface area contributed by atoms with Crippen molar-refractivity contribution in [2.45, 2.75) is 219 Å². The van der Waals surface area contributed by atoms with Crippen LogP contribution >= 0.6 is 0 Å². The van der Waals surface area contributed by atoms with Crippen molar-refractivity contribution in [3.05, 3.63) is 0 Å². The van der Waals surface area contributed by atoms with Gasteiger partial charge >= 0.3 is 11.9 Å². The number of carbonyl (C=O) groups excluding carboxylic acids is 1. The van der Waals surface area contributed by atoms with Crippen LogP contribution in [0.2, 0.25) is 0 Å². The van der Waals surface area contributed by atoms with E-state index in [0.717, 1.165) is 64.2 Å². The summed E-state index contributed by atoms with van der Waals surface area (Å²) in [5.41, 5.74) is 0. The van der Waals surface area contributed by atoms with E-state index < -0.39 is 5.97 Å². The van der Waals surface area contributed by atoms with Gasteiger partial charge in [0, 0.05) is 12.8 Å². The van der Waals surface area contributed by atoms with Crippen LogP contribution in [0.25, 0.3) is 0 Å². The zero-order valence-corrected chi connectivity index (χ0v) is 27.2. The Hall–Kier alpha value is -1.06. The first kappa shape index (κ1) is 38.9. The minimum Gasteiger partial charge on any atom is -0.481 e. The van der Waals surface area contributed by atoms with Crippen molar-refractivity contribution >= 4 is 11.9 Å². The molecule has 1 atom stereocenters. The largest absolute Gasteiger partial charge is 0.481 e. The molecule has 0 fully saturated rings. The maximum Gasteiger partial charge on any atom is 0.306 e. The van der Waals surface area contributed by atoms with E-state index >= 15 is 0 Å². The van der Waals surface area contributed by atoms with Gasteiger partial charge in [0.2, 0.25) is 0 Å². The number of rotatable bonds is 33. The molecule has 0 aliphatic carbocycles. The highest BCUT2D eigenvalue weighted by Gasteiger charge is 2.14. The van der Waals surface area contributed by atoms with Crippen molar-refractivity contribution in [3.63, 3.8) is 0 Å². The first-order chi connectivity index (χ1) is 19.6. The molecule has 0 aliphatic heterocycles. The Morgan fingerprint density at radius 1 is 0.450 bits per heavy atom. The molecule has 0 rings (SSSR count). The Labute approximate surface area is 250 Å². The zero-order valence-electron chi connectivity index (χ0n) is 27.2. The molecule has 0 saturated carbocycles. The van der Waals surface area contributed by atoms with Gasteiger partial charge in [-0.25, -0.2) is 0 Å². The fraction of sp³-hybridized carbons (Fsp3) is 0.944. The summed E-state index contributed by atoms with van der Waals surface area (Å²) in [7, 11) is 0. The summed E-state index contributed by atoms with van der Waals surface area (Å²) >= 11 is 0. The van der Waals surface area contributed by atoms with Crippen molar-refractivity contribution in [2.75, 3.05) is 0 Å². The molecular formula is C36H70O4. The quantitative estimate of drug-likeness (QED) is 0.0633. The van der Waals surface area contributed by atoms with E-state index in [-0.39, 0.29) is 18.5 Å². The zero-order chi connectivity index (χ0) is 29.4. The van der Waals surface area contributed by atoms with Crippen LogP contribution < -0.4 is 0 Å². The Bertz CT molecular complexity index is 533. The van der Waals surface area contributed by atoms with Gasteiger partial charge in [-0.05, 0) is 38.5 Å². The third-order valence-corrected chi connectivity index (χ3v) is 8.33. The highest BCUT2D eigenvalue weighted by atomic mass is 16.5. The lowest BCUT2D eigenvalue weighted by atomic mass is 10.0. The molecule has 0 aromatic rings. The lowest BCUT2D eigenvalue weighted by Gasteiger charge is -2.18. The van der Waals surface area contributed by atoms with E-state index in [2.05, 4.69) is 13.8 Å². The van der Waals surface area contributed by atoms with Crippen molar-refractivity contribution in [1.82, 2.24) is 0 Å². The van der Waals surface area contributed by atoms with Gasteiger partial charge in [0.1, 0.15) is 6.10 Å². The van der Waals surface area contributed by atoms with E-state index in [4.69, 9.17) is 9.84 Å². The van der Waals surface area contributed by atoms with Gasteiger partial charge in [0.15, 0.2) is 0 Å². The molecule has 40 heavy (non-hydrogen) atoms. The van der Waals surface area contributed by atoms with E-state index in [0.29, 0.717) is 6.42 Å². The van der Waals surface area contributed by atoms with Crippen LogP contribution in [0.3, 0.4) is 0 Å². The van der Waals surface area contributed by atoms with Crippen molar-refractivity contribution in [2.24, 2.45) is 0 Å². The van der Waals surface area contributed by atoms with Crippen molar-refractivity contribution < 1.29 is 19.4 Å². The molecule has 0 heterocycles. The molecule has 0 saturated heterocycles. The molecule has 4 nitrogen and oxygen atoms in total. The Morgan fingerprint density at radius 3 is 1.10 bits per heavy atom. The molecule has 0 bridgehead atoms. The summed E-state index contributed by atoms with van der Waals surface area (Å²) in [4.78, 5) is 23.2. The van der Waals surface area contributed by atoms with E-state index in [1.165, 1.54) is 122 Å². The summed E-state index contributed by atoms with van der Waals surface area (Å²) in [5, 5.41) is 8.79. The SMILES string of the molecule is CCCCCCCCCCCCCC(=O)OC(CCCCCCCCCCCCC)CCCCCCCC(=O)O. The fourth-order valence-corrected chi connectivity index (χ4v) is 5.66. The number of carboxylic acid groups (broad SMARTS) is 1. The maximum absolute atomic E-state index is 12.6. The van der Waals surface area contributed by atoms with E-state index in [1.807, 2.05) is 0 Å². The van der Waals surface area contributed by atoms with Crippen LogP contribution in [-0.4, -0.2) is 23.1 Å². The second-order valence-electron chi connectivity index (χ2n) is 12.4. The van der Waals surface area contributed by atoms with Crippen LogP contribution in [0.15, 0.2) is 0 Å². The van der Waals surface area contributed by atoms with Crippen LogP contribution in [0.1, 0.15) is 213 Å². The monoisotopic (exact) mass is 567 g/mol. The third-order valence-electron chi connectivity index (χ3n) is 8.33. The Kier molecular flexibility index (Phi) is 31.6. The standard InChI is InChI=1S/C36H70O4/c1-3-5-7-9-11-13-15-17-19-22-26-30-34(31-27-23-21-24-28-32-35(37)38)40-36(39)33-29-25-20-18-16-14-12-10-8-6-4-2/h34H,3-33H2,1-2H3,(H,37,38). The van der Waals surface area contributed by atoms with Gasteiger partial charge in [-0.15, -0.1) is 0 Å². The van der Waals surface area contributed by atoms with Gasteiger partial charge in [-0.2, -0.15) is 0 Å². The molecule has 0 amide bonds. The normalized spacial score (nSPS) is 12.1. The number of hydrogen-bond donors (Lipinski definition) is 1. The minimum atomic E-state index is -0.697. The van der Waals surface area contributed by atoms with Gasteiger partial charge < -0.3 is 9.84 Å². The van der Waals surface area contributed by atoms with Crippen LogP contribution in [0.5, 0.6) is 0 Å². The molecule has 1 N–H and O–H groups in total. The van der Waals surface area contributed by atoms with Gasteiger partial charge in [0.25, 0.3) is 0 Å². The first-order valence-electron chi connectivity index (χ1n) is 18.0. The number of carbonyl (C=O) groups is 2. The first-order valence-corrected chi connectivity index (χ1v) is 18.0. The molecule has 0 radical (unpaired) electrons. The van der Waals surface area contributed by atoms with Crippen molar-refractivity contribution in [1.29, 1.82) is 0 Å². The molecule has 4 heteroatoms. The molecule has 238 valence electrons. The average molecular weight is 567 g/mol. The highest BCUT2D eigenvalue weighted by molar-refractivity contribution is 5.69. The predicted octanol–water partition coefficient (Wildman–Crippen LogP) is 12.1. The maximum atomic E-state index is 12.6. The number of aliphatic carboxylic acids is 1. The smallest absolute Gasteiger partial charge is 0.306 e. The third kappa shape index (κ3) is 31.5. The molecule has 0 aliphatic rings. The number of ether oxygens (including phenoxy) is 1. The summed E-state index contributed by atoms with van der Waals surface area (Å²) in [5.74, 6) is -0.692. The minimum absolute atomic E-state index is 0.00505. The summed E-state index contributed by atoms with van der Waals surface area (Å²) < 4.78 is 5.98. The Balaban J connectivity index is 4.03. The van der Waals surface area contributed by atoms with Crippen LogP contribution in [0, 0.1) is 0 Å². The van der Waals surface area contributed by atoms with E-state index in [1.54, 1.807) is 0 Å². The van der Waals surface area contributed by atoms with E-state index in [9.17, 15) is 9.59 Å².